The van der Waals surface area contributed by atoms with Crippen LogP contribution in [-0.4, -0.2) is 25.6 Å². The molecule has 8 heteroatoms. The zero-order chi connectivity index (χ0) is 20.9. The van der Waals surface area contributed by atoms with Crippen molar-refractivity contribution >= 4 is 28.9 Å². The number of carbonyl (C=O) groups is 1. The fourth-order valence-electron chi connectivity index (χ4n) is 2.97. The number of benzene rings is 2. The van der Waals surface area contributed by atoms with E-state index in [2.05, 4.69) is 30.9 Å². The van der Waals surface area contributed by atoms with E-state index in [1.54, 1.807) is 17.1 Å². The van der Waals surface area contributed by atoms with Gasteiger partial charge in [-0.1, -0.05) is 17.7 Å². The quantitative estimate of drug-likeness (QED) is 0.453. The van der Waals surface area contributed by atoms with Gasteiger partial charge in [0.2, 0.25) is 0 Å². The lowest BCUT2D eigenvalue weighted by atomic mass is 10.1. The minimum atomic E-state index is -0.288. The van der Waals surface area contributed by atoms with E-state index in [9.17, 15) is 4.79 Å². The van der Waals surface area contributed by atoms with Gasteiger partial charge in [-0.2, -0.15) is 0 Å². The molecule has 0 unspecified atom stereocenters. The molecule has 0 aliphatic carbocycles. The van der Waals surface area contributed by atoms with Crippen LogP contribution in [0, 0.1) is 13.8 Å². The van der Waals surface area contributed by atoms with Gasteiger partial charge in [0.05, 0.1) is 0 Å². The van der Waals surface area contributed by atoms with Crippen LogP contribution in [0.1, 0.15) is 11.1 Å². The van der Waals surface area contributed by atoms with Crippen LogP contribution in [0.15, 0.2) is 73.6 Å². The summed E-state index contributed by atoms with van der Waals surface area (Å²) in [7, 11) is 0. The van der Waals surface area contributed by atoms with Crippen LogP contribution in [0.2, 0.25) is 0 Å². The fraction of sp³-hybridized carbons (Fsp3) is 0.0909. The molecule has 0 aliphatic heterocycles. The van der Waals surface area contributed by atoms with E-state index in [0.717, 1.165) is 22.5 Å². The highest BCUT2D eigenvalue weighted by Gasteiger charge is 2.06. The van der Waals surface area contributed by atoms with Crippen molar-refractivity contribution in [2.75, 3.05) is 16.0 Å². The van der Waals surface area contributed by atoms with Crippen molar-refractivity contribution in [2.45, 2.75) is 13.8 Å². The Morgan fingerprint density at radius 1 is 0.933 bits per heavy atom. The number of hydrogen-bond acceptors (Lipinski definition) is 5. The minimum absolute atomic E-state index is 0.288. The van der Waals surface area contributed by atoms with Crippen molar-refractivity contribution in [1.29, 1.82) is 0 Å². The van der Waals surface area contributed by atoms with Gasteiger partial charge in [-0.05, 0) is 49.7 Å². The summed E-state index contributed by atoms with van der Waals surface area (Å²) < 4.78 is 1.80. The standard InChI is InChI=1S/C22H21N7O/c1-15-3-8-19(16(2)11-15)28-22(30)27-18-6-4-17(5-7-18)26-20-12-21(25-13-24-20)29-10-9-23-14-29/h3-14H,1-2H3,(H,24,25,26)(H2,27,28,30). The first kappa shape index (κ1) is 19.1. The van der Waals surface area contributed by atoms with Crippen LogP contribution in [0.25, 0.3) is 5.82 Å². The molecule has 2 aromatic heterocycles. The molecule has 2 heterocycles. The molecular weight excluding hydrogens is 378 g/mol. The topological polar surface area (TPSA) is 96.8 Å². The van der Waals surface area contributed by atoms with Gasteiger partial charge in [0.25, 0.3) is 0 Å². The second-order valence-electron chi connectivity index (χ2n) is 6.83. The second kappa shape index (κ2) is 8.44. The predicted molar refractivity (Wildman–Crippen MR) is 117 cm³/mol. The molecule has 4 rings (SSSR count). The van der Waals surface area contributed by atoms with Gasteiger partial charge in [-0.15, -0.1) is 0 Å². The number of urea groups is 1. The zero-order valence-corrected chi connectivity index (χ0v) is 16.6. The number of nitrogens with zero attached hydrogens (tertiary/aromatic N) is 4. The van der Waals surface area contributed by atoms with Gasteiger partial charge in [-0.25, -0.2) is 19.7 Å². The van der Waals surface area contributed by atoms with Crippen molar-refractivity contribution in [3.05, 3.63) is 84.7 Å². The van der Waals surface area contributed by atoms with Gasteiger partial charge >= 0.3 is 6.03 Å². The summed E-state index contributed by atoms with van der Waals surface area (Å²) in [5.74, 6) is 1.37. The first-order valence-corrected chi connectivity index (χ1v) is 9.39. The summed E-state index contributed by atoms with van der Waals surface area (Å²) in [6, 6.07) is 14.8. The van der Waals surface area contributed by atoms with Crippen molar-refractivity contribution in [2.24, 2.45) is 0 Å². The molecule has 2 amide bonds. The average Bonchev–Trinajstić information content (AvgIpc) is 3.27. The SMILES string of the molecule is Cc1ccc(NC(=O)Nc2ccc(Nc3cc(-n4ccnc4)ncn3)cc2)c(C)c1. The number of anilines is 4. The van der Waals surface area contributed by atoms with E-state index in [1.165, 1.54) is 6.33 Å². The summed E-state index contributed by atoms with van der Waals surface area (Å²) in [5, 5.41) is 8.93. The number of aryl methyl sites for hydroxylation is 2. The Hall–Kier alpha value is -4.20. The molecule has 150 valence electrons. The maximum absolute atomic E-state index is 12.3. The molecule has 0 atom stereocenters. The van der Waals surface area contributed by atoms with E-state index >= 15 is 0 Å². The Morgan fingerprint density at radius 3 is 2.47 bits per heavy atom. The number of hydrogen-bond donors (Lipinski definition) is 3. The van der Waals surface area contributed by atoms with Gasteiger partial charge in [-0.3, -0.25) is 4.57 Å². The Morgan fingerprint density at radius 2 is 1.73 bits per heavy atom. The molecule has 0 fully saturated rings. The third kappa shape index (κ3) is 4.61. The molecule has 3 N–H and O–H groups in total. The summed E-state index contributed by atoms with van der Waals surface area (Å²) >= 11 is 0. The van der Waals surface area contributed by atoms with Gasteiger partial charge in [0, 0.05) is 35.5 Å². The lowest BCUT2D eigenvalue weighted by Crippen LogP contribution is -2.19. The highest BCUT2D eigenvalue weighted by Crippen LogP contribution is 2.20. The molecule has 0 radical (unpaired) electrons. The van der Waals surface area contributed by atoms with E-state index in [-0.39, 0.29) is 6.03 Å². The van der Waals surface area contributed by atoms with Crippen molar-refractivity contribution in [1.82, 2.24) is 19.5 Å². The Bertz CT molecular complexity index is 1150. The predicted octanol–water partition coefficient (Wildman–Crippen LogP) is 4.67. The molecule has 0 aliphatic rings. The number of aromatic nitrogens is 4. The Kier molecular flexibility index (Phi) is 5.38. The summed E-state index contributed by atoms with van der Waals surface area (Å²) in [4.78, 5) is 24.8. The van der Waals surface area contributed by atoms with E-state index in [1.807, 2.05) is 68.6 Å². The lowest BCUT2D eigenvalue weighted by molar-refractivity contribution is 0.262. The average molecular weight is 399 g/mol. The zero-order valence-electron chi connectivity index (χ0n) is 16.6. The first-order chi connectivity index (χ1) is 14.6. The monoisotopic (exact) mass is 399 g/mol. The second-order valence-corrected chi connectivity index (χ2v) is 6.83. The van der Waals surface area contributed by atoms with Crippen molar-refractivity contribution < 1.29 is 4.79 Å². The maximum Gasteiger partial charge on any atom is 0.323 e. The molecule has 0 spiro atoms. The van der Waals surface area contributed by atoms with Crippen LogP contribution < -0.4 is 16.0 Å². The first-order valence-electron chi connectivity index (χ1n) is 9.39. The number of amides is 2. The minimum Gasteiger partial charge on any atom is -0.340 e. The van der Waals surface area contributed by atoms with Gasteiger partial charge < -0.3 is 16.0 Å². The highest BCUT2D eigenvalue weighted by atomic mass is 16.2. The maximum atomic E-state index is 12.3. The number of nitrogens with one attached hydrogen (secondary N) is 3. The molecule has 2 aromatic carbocycles. The summed E-state index contributed by atoms with van der Waals surface area (Å²) in [6.45, 7) is 3.99. The normalized spacial score (nSPS) is 10.5. The Balaban J connectivity index is 1.38. The number of rotatable bonds is 5. The van der Waals surface area contributed by atoms with E-state index in [4.69, 9.17) is 0 Å². The van der Waals surface area contributed by atoms with Crippen LogP contribution in [-0.2, 0) is 0 Å². The van der Waals surface area contributed by atoms with Gasteiger partial charge in [0.15, 0.2) is 0 Å². The fourth-order valence-corrected chi connectivity index (χ4v) is 2.97. The van der Waals surface area contributed by atoms with Crippen molar-refractivity contribution in [3.63, 3.8) is 0 Å². The largest absolute Gasteiger partial charge is 0.340 e. The van der Waals surface area contributed by atoms with Crippen molar-refractivity contribution in [3.8, 4) is 5.82 Å². The molecule has 8 nitrogen and oxygen atoms in total. The molecular formula is C22H21N7O. The number of carbonyl (C=O) groups excluding carboxylic acids is 1. The van der Waals surface area contributed by atoms with E-state index < -0.39 is 0 Å². The smallest absolute Gasteiger partial charge is 0.323 e. The Labute approximate surface area is 174 Å². The summed E-state index contributed by atoms with van der Waals surface area (Å²) in [5.41, 5.74) is 4.48. The van der Waals surface area contributed by atoms with Crippen LogP contribution >= 0.6 is 0 Å². The highest BCUT2D eigenvalue weighted by molar-refractivity contribution is 6.00. The molecule has 0 saturated heterocycles. The molecule has 0 saturated carbocycles. The molecule has 4 aromatic rings. The van der Waals surface area contributed by atoms with Crippen LogP contribution in [0.4, 0.5) is 27.7 Å². The lowest BCUT2D eigenvalue weighted by Gasteiger charge is -2.11. The van der Waals surface area contributed by atoms with Gasteiger partial charge in [0.1, 0.15) is 24.3 Å². The number of imidazole rings is 1. The summed E-state index contributed by atoms with van der Waals surface area (Å²) in [6.07, 6.45) is 6.67. The van der Waals surface area contributed by atoms with Crippen LogP contribution in [0.5, 0.6) is 0 Å². The molecule has 30 heavy (non-hydrogen) atoms. The van der Waals surface area contributed by atoms with E-state index in [0.29, 0.717) is 17.3 Å². The third-order valence-corrected chi connectivity index (χ3v) is 4.47. The van der Waals surface area contributed by atoms with Crippen LogP contribution in [0.3, 0.4) is 0 Å². The molecule has 0 bridgehead atoms. The third-order valence-electron chi connectivity index (χ3n) is 4.47.